The maximum atomic E-state index is 12.4. The number of fused-ring (bicyclic) bond motifs is 9. The Morgan fingerprint density at radius 3 is 2.52 bits per heavy atom. The standard InChI is InChI=1S/C16H22O5/c1-18-6-10-13(16(17)20-7-19-2)15-12-9-4-3-8(5-9)11(12)14(10)21-15/h3-4,8-15H,5-7H2,1-2H3. The molecule has 116 valence electrons. The van der Waals surface area contributed by atoms with Crippen molar-refractivity contribution in [2.45, 2.75) is 18.6 Å². The topological polar surface area (TPSA) is 54.0 Å². The highest BCUT2D eigenvalue weighted by Gasteiger charge is 2.67. The zero-order valence-electron chi connectivity index (χ0n) is 12.4. The Morgan fingerprint density at radius 2 is 1.86 bits per heavy atom. The number of hydrogen-bond donors (Lipinski definition) is 0. The van der Waals surface area contributed by atoms with E-state index in [1.54, 1.807) is 7.11 Å². The largest absolute Gasteiger partial charge is 0.438 e. The highest BCUT2D eigenvalue weighted by Crippen LogP contribution is 2.63. The van der Waals surface area contributed by atoms with Crippen LogP contribution in [0.25, 0.3) is 0 Å². The number of carbonyl (C=O) groups excluding carboxylic acids is 1. The molecule has 2 aliphatic heterocycles. The summed E-state index contributed by atoms with van der Waals surface area (Å²) in [6, 6.07) is 0. The summed E-state index contributed by atoms with van der Waals surface area (Å²) >= 11 is 0. The van der Waals surface area contributed by atoms with E-state index in [4.69, 9.17) is 18.9 Å². The van der Waals surface area contributed by atoms with E-state index in [0.29, 0.717) is 30.3 Å². The molecule has 0 aromatic heterocycles. The summed E-state index contributed by atoms with van der Waals surface area (Å²) in [7, 11) is 3.20. The number of esters is 1. The molecule has 4 rings (SSSR count). The molecule has 1 saturated carbocycles. The van der Waals surface area contributed by atoms with Crippen LogP contribution >= 0.6 is 0 Å². The maximum Gasteiger partial charge on any atom is 0.314 e. The van der Waals surface area contributed by atoms with Crippen LogP contribution in [0, 0.1) is 35.5 Å². The predicted molar refractivity (Wildman–Crippen MR) is 73.2 cm³/mol. The van der Waals surface area contributed by atoms with Crippen molar-refractivity contribution < 1.29 is 23.7 Å². The van der Waals surface area contributed by atoms with Crippen molar-refractivity contribution in [1.29, 1.82) is 0 Å². The molecule has 0 amide bonds. The molecule has 0 radical (unpaired) electrons. The Morgan fingerprint density at radius 1 is 1.14 bits per heavy atom. The molecule has 0 N–H and O–H groups in total. The first-order chi connectivity index (χ1) is 10.3. The predicted octanol–water partition coefficient (Wildman–Crippen LogP) is 1.23. The lowest BCUT2D eigenvalue weighted by atomic mass is 9.65. The molecular formula is C16H22O5. The lowest BCUT2D eigenvalue weighted by molar-refractivity contribution is -0.164. The summed E-state index contributed by atoms with van der Waals surface area (Å²) in [6.07, 6.45) is 6.02. The van der Waals surface area contributed by atoms with Crippen molar-refractivity contribution in [1.82, 2.24) is 0 Å². The molecule has 21 heavy (non-hydrogen) atoms. The van der Waals surface area contributed by atoms with Crippen molar-refractivity contribution >= 4 is 5.97 Å². The third-order valence-electron chi connectivity index (χ3n) is 5.84. The number of hydrogen-bond acceptors (Lipinski definition) is 5. The van der Waals surface area contributed by atoms with Crippen LogP contribution in [0.15, 0.2) is 12.2 Å². The minimum absolute atomic E-state index is 0.00642. The third-order valence-corrected chi connectivity index (χ3v) is 5.84. The Hall–Kier alpha value is -0.910. The van der Waals surface area contributed by atoms with E-state index in [-0.39, 0.29) is 36.8 Å². The fourth-order valence-electron chi connectivity index (χ4n) is 5.26. The van der Waals surface area contributed by atoms with E-state index in [1.807, 2.05) is 0 Å². The molecule has 5 nitrogen and oxygen atoms in total. The number of carbonyl (C=O) groups is 1. The summed E-state index contributed by atoms with van der Waals surface area (Å²) < 4.78 is 21.7. The molecule has 4 aliphatic rings. The quantitative estimate of drug-likeness (QED) is 0.434. The van der Waals surface area contributed by atoms with E-state index in [1.165, 1.54) is 13.5 Å². The highest BCUT2D eigenvalue weighted by molar-refractivity contribution is 5.74. The first-order valence-electron chi connectivity index (χ1n) is 7.74. The number of rotatable bonds is 5. The fraction of sp³-hybridized carbons (Fsp3) is 0.812. The molecule has 8 atom stereocenters. The summed E-state index contributed by atoms with van der Waals surface area (Å²) in [6.45, 7) is 0.560. The summed E-state index contributed by atoms with van der Waals surface area (Å²) in [5.41, 5.74) is 0. The van der Waals surface area contributed by atoms with Gasteiger partial charge < -0.3 is 18.9 Å². The minimum Gasteiger partial charge on any atom is -0.438 e. The molecule has 5 heteroatoms. The van der Waals surface area contributed by atoms with Crippen molar-refractivity contribution in [2.75, 3.05) is 27.6 Å². The summed E-state index contributed by atoms with van der Waals surface area (Å²) in [5, 5.41) is 0. The van der Waals surface area contributed by atoms with Crippen LogP contribution < -0.4 is 0 Å². The lowest BCUT2D eigenvalue weighted by Crippen LogP contribution is -2.46. The van der Waals surface area contributed by atoms with Gasteiger partial charge in [0.05, 0.1) is 24.7 Å². The van der Waals surface area contributed by atoms with Crippen LogP contribution in [-0.4, -0.2) is 45.8 Å². The Kier molecular flexibility index (Phi) is 3.32. The Bertz CT molecular complexity index is 462. The first-order valence-corrected chi connectivity index (χ1v) is 7.74. The molecule has 3 fully saturated rings. The Balaban J connectivity index is 1.59. The Labute approximate surface area is 124 Å². The third kappa shape index (κ3) is 1.84. The lowest BCUT2D eigenvalue weighted by Gasteiger charge is -2.37. The van der Waals surface area contributed by atoms with E-state index in [0.717, 1.165) is 0 Å². The molecule has 8 unspecified atom stereocenters. The number of allylic oxidation sites excluding steroid dienone is 2. The van der Waals surface area contributed by atoms with Gasteiger partial charge in [-0.2, -0.15) is 0 Å². The molecule has 0 aromatic rings. The molecule has 4 bridgehead atoms. The summed E-state index contributed by atoms with van der Waals surface area (Å²) in [5.74, 6) is 1.96. The zero-order chi connectivity index (χ0) is 14.6. The van der Waals surface area contributed by atoms with E-state index in [2.05, 4.69) is 12.2 Å². The van der Waals surface area contributed by atoms with E-state index >= 15 is 0 Å². The minimum atomic E-state index is -0.209. The second-order valence-corrected chi connectivity index (χ2v) is 6.68. The zero-order valence-corrected chi connectivity index (χ0v) is 12.4. The van der Waals surface area contributed by atoms with Crippen LogP contribution in [-0.2, 0) is 23.7 Å². The fourth-order valence-corrected chi connectivity index (χ4v) is 5.26. The van der Waals surface area contributed by atoms with Gasteiger partial charge in [0.1, 0.15) is 0 Å². The second kappa shape index (κ2) is 5.07. The van der Waals surface area contributed by atoms with E-state index < -0.39 is 0 Å². The van der Waals surface area contributed by atoms with Gasteiger partial charge in [0, 0.05) is 20.1 Å². The van der Waals surface area contributed by atoms with Gasteiger partial charge in [0.25, 0.3) is 0 Å². The van der Waals surface area contributed by atoms with Gasteiger partial charge in [0.2, 0.25) is 0 Å². The van der Waals surface area contributed by atoms with Gasteiger partial charge in [-0.1, -0.05) is 12.2 Å². The number of methoxy groups -OCH3 is 2. The van der Waals surface area contributed by atoms with Crippen LogP contribution in [0.1, 0.15) is 6.42 Å². The van der Waals surface area contributed by atoms with Gasteiger partial charge in [-0.05, 0) is 30.1 Å². The number of ether oxygens (including phenoxy) is 4. The highest BCUT2D eigenvalue weighted by atomic mass is 16.7. The normalized spacial score (nSPS) is 48.9. The average molecular weight is 294 g/mol. The van der Waals surface area contributed by atoms with Crippen molar-refractivity contribution in [3.05, 3.63) is 12.2 Å². The van der Waals surface area contributed by atoms with Gasteiger partial charge >= 0.3 is 5.97 Å². The summed E-state index contributed by atoms with van der Waals surface area (Å²) in [4.78, 5) is 12.4. The maximum absolute atomic E-state index is 12.4. The average Bonchev–Trinajstić information content (AvgIpc) is 3.21. The van der Waals surface area contributed by atoms with Crippen LogP contribution in [0.5, 0.6) is 0 Å². The van der Waals surface area contributed by atoms with E-state index in [9.17, 15) is 4.79 Å². The molecule has 2 saturated heterocycles. The van der Waals surface area contributed by atoms with Gasteiger partial charge in [-0.25, -0.2) is 0 Å². The van der Waals surface area contributed by atoms with Crippen LogP contribution in [0.2, 0.25) is 0 Å². The van der Waals surface area contributed by atoms with Gasteiger partial charge in [-0.3, -0.25) is 4.79 Å². The molecule has 2 heterocycles. The molecular weight excluding hydrogens is 272 g/mol. The molecule has 0 spiro atoms. The van der Waals surface area contributed by atoms with Crippen LogP contribution in [0.4, 0.5) is 0 Å². The van der Waals surface area contributed by atoms with Gasteiger partial charge in [0.15, 0.2) is 6.79 Å². The van der Waals surface area contributed by atoms with Crippen molar-refractivity contribution in [2.24, 2.45) is 35.5 Å². The molecule has 0 aromatic carbocycles. The monoisotopic (exact) mass is 294 g/mol. The molecule has 2 aliphatic carbocycles. The van der Waals surface area contributed by atoms with Gasteiger partial charge in [-0.15, -0.1) is 0 Å². The second-order valence-electron chi connectivity index (χ2n) is 6.68. The SMILES string of the molecule is COCOC(=O)C1C(COC)C2OC1C1C3C=CC(C3)C21. The smallest absolute Gasteiger partial charge is 0.314 e. The van der Waals surface area contributed by atoms with Crippen molar-refractivity contribution in [3.8, 4) is 0 Å². The van der Waals surface area contributed by atoms with Crippen molar-refractivity contribution in [3.63, 3.8) is 0 Å². The van der Waals surface area contributed by atoms with Crippen LogP contribution in [0.3, 0.4) is 0 Å². The first kappa shape index (κ1) is 13.7.